The van der Waals surface area contributed by atoms with Gasteiger partial charge in [-0.3, -0.25) is 0 Å². The maximum absolute atomic E-state index is 8.88. The highest BCUT2D eigenvalue weighted by molar-refractivity contribution is 7.80. The minimum absolute atomic E-state index is 0.719. The number of nitrogens with one attached hydrogen (secondary N) is 2. The molecule has 1 aliphatic heterocycles. The highest BCUT2D eigenvalue weighted by Gasteiger charge is 2.22. The average Bonchev–Trinajstić information content (AvgIpc) is 2.65. The van der Waals surface area contributed by atoms with Gasteiger partial charge in [-0.25, -0.2) is 0 Å². The number of rotatable bonds is 3. The van der Waals surface area contributed by atoms with Gasteiger partial charge >= 0.3 is 0 Å². The van der Waals surface area contributed by atoms with E-state index in [2.05, 4.69) is 47.5 Å². The number of anilines is 1. The highest BCUT2D eigenvalue weighted by Crippen LogP contribution is 2.14. The fourth-order valence-electron chi connectivity index (χ4n) is 3.10. The predicted octanol–water partition coefficient (Wildman–Crippen LogP) is 1.96. The summed E-state index contributed by atoms with van der Waals surface area (Å²) in [4.78, 5) is 3.81. The van der Waals surface area contributed by atoms with Gasteiger partial charge in [0.05, 0.1) is 37.8 Å². The molecule has 1 aliphatic rings. The number of aryl methyl sites for hydroxylation is 1. The molecule has 0 aliphatic carbocycles. The summed E-state index contributed by atoms with van der Waals surface area (Å²) in [6, 6.07) is 18.3. The van der Waals surface area contributed by atoms with Crippen LogP contribution < -0.4 is 10.2 Å². The van der Waals surface area contributed by atoms with Crippen LogP contribution in [0.1, 0.15) is 16.7 Å². The van der Waals surface area contributed by atoms with Crippen molar-refractivity contribution in [2.45, 2.75) is 13.5 Å². The summed E-state index contributed by atoms with van der Waals surface area (Å²) in [7, 11) is 0. The minimum Gasteiger partial charge on any atom is -0.338 e. The lowest BCUT2D eigenvalue weighted by atomic mass is 10.1. The van der Waals surface area contributed by atoms with Gasteiger partial charge in [0, 0.05) is 11.3 Å². The van der Waals surface area contributed by atoms with Gasteiger partial charge in [-0.2, -0.15) is 5.26 Å². The van der Waals surface area contributed by atoms with Crippen molar-refractivity contribution in [3.05, 3.63) is 65.2 Å². The van der Waals surface area contributed by atoms with E-state index in [1.807, 2.05) is 24.3 Å². The molecule has 1 heterocycles. The Bertz CT molecular complexity index is 771. The van der Waals surface area contributed by atoms with Crippen LogP contribution in [-0.2, 0) is 6.54 Å². The number of hydrogen-bond donors (Lipinski definition) is 2. The molecule has 1 saturated heterocycles. The highest BCUT2D eigenvalue weighted by atomic mass is 32.1. The van der Waals surface area contributed by atoms with Gasteiger partial charge in [-0.15, -0.1) is 0 Å². The first-order valence-corrected chi connectivity index (χ1v) is 9.00. The van der Waals surface area contributed by atoms with E-state index in [1.165, 1.54) is 11.1 Å². The molecule has 0 amide bonds. The van der Waals surface area contributed by atoms with E-state index < -0.39 is 0 Å². The maximum Gasteiger partial charge on any atom is 0.173 e. The van der Waals surface area contributed by atoms with Crippen LogP contribution in [0.5, 0.6) is 0 Å². The second kappa shape index (κ2) is 8.11. The summed E-state index contributed by atoms with van der Waals surface area (Å²) in [6.45, 7) is 7.14. The van der Waals surface area contributed by atoms with Crippen LogP contribution in [0.3, 0.4) is 0 Å². The Morgan fingerprint density at radius 3 is 2.48 bits per heavy atom. The van der Waals surface area contributed by atoms with Gasteiger partial charge < -0.3 is 15.1 Å². The molecule has 0 unspecified atom stereocenters. The molecular weight excluding hydrogens is 328 g/mol. The van der Waals surface area contributed by atoms with Gasteiger partial charge in [0.2, 0.25) is 0 Å². The molecule has 128 valence electrons. The topological polar surface area (TPSA) is 43.5 Å². The average molecular weight is 351 g/mol. The number of para-hydroxylation sites is 1. The van der Waals surface area contributed by atoms with Crippen molar-refractivity contribution in [3.63, 3.8) is 0 Å². The van der Waals surface area contributed by atoms with Crippen molar-refractivity contribution in [2.75, 3.05) is 31.5 Å². The van der Waals surface area contributed by atoms with Crippen molar-refractivity contribution in [1.29, 1.82) is 5.26 Å². The number of nitriles is 1. The van der Waals surface area contributed by atoms with Gasteiger partial charge in [0.15, 0.2) is 5.11 Å². The zero-order valence-corrected chi connectivity index (χ0v) is 15.3. The van der Waals surface area contributed by atoms with Gasteiger partial charge in [-0.1, -0.05) is 30.3 Å². The molecule has 0 radical (unpaired) electrons. The zero-order valence-electron chi connectivity index (χ0n) is 14.5. The van der Waals surface area contributed by atoms with Crippen molar-refractivity contribution in [1.82, 2.24) is 4.90 Å². The third-order valence-electron chi connectivity index (χ3n) is 4.68. The number of quaternary nitrogens is 1. The largest absolute Gasteiger partial charge is 0.338 e. The molecule has 0 saturated carbocycles. The van der Waals surface area contributed by atoms with Crippen LogP contribution in [0, 0.1) is 18.3 Å². The van der Waals surface area contributed by atoms with Crippen molar-refractivity contribution >= 4 is 23.0 Å². The molecule has 25 heavy (non-hydrogen) atoms. The van der Waals surface area contributed by atoms with Crippen LogP contribution in [0.15, 0.2) is 48.5 Å². The fraction of sp³-hybridized carbons (Fsp3) is 0.300. The van der Waals surface area contributed by atoms with E-state index in [9.17, 15) is 0 Å². The molecule has 4 nitrogen and oxygen atoms in total. The fourth-order valence-corrected chi connectivity index (χ4v) is 3.39. The summed E-state index contributed by atoms with van der Waals surface area (Å²) in [5.74, 6) is 0. The number of thiocarbonyl (C=S) groups is 1. The van der Waals surface area contributed by atoms with Crippen LogP contribution in [-0.4, -0.2) is 36.2 Å². The van der Waals surface area contributed by atoms with Crippen molar-refractivity contribution in [2.24, 2.45) is 0 Å². The predicted molar refractivity (Wildman–Crippen MR) is 105 cm³/mol. The second-order valence-corrected chi connectivity index (χ2v) is 6.85. The molecule has 3 rings (SSSR count). The Hall–Kier alpha value is -2.42. The Morgan fingerprint density at radius 1 is 1.16 bits per heavy atom. The lowest BCUT2D eigenvalue weighted by molar-refractivity contribution is -0.917. The molecule has 2 aromatic rings. The summed E-state index contributed by atoms with van der Waals surface area (Å²) in [6.07, 6.45) is 0. The molecule has 0 aromatic heterocycles. The van der Waals surface area contributed by atoms with E-state index >= 15 is 0 Å². The van der Waals surface area contributed by atoms with Gasteiger partial charge in [-0.05, 0) is 42.9 Å². The van der Waals surface area contributed by atoms with Crippen molar-refractivity contribution < 1.29 is 4.90 Å². The lowest BCUT2D eigenvalue weighted by Crippen LogP contribution is -3.13. The first kappa shape index (κ1) is 17.4. The van der Waals surface area contributed by atoms with Gasteiger partial charge in [0.25, 0.3) is 0 Å². The maximum atomic E-state index is 8.88. The monoisotopic (exact) mass is 351 g/mol. The van der Waals surface area contributed by atoms with E-state index in [0.29, 0.717) is 0 Å². The first-order valence-electron chi connectivity index (χ1n) is 8.60. The quantitative estimate of drug-likeness (QED) is 0.830. The molecule has 2 aromatic carbocycles. The third-order valence-corrected chi connectivity index (χ3v) is 5.04. The summed E-state index contributed by atoms with van der Waals surface area (Å²) in [5.41, 5.74) is 4.29. The van der Waals surface area contributed by atoms with Gasteiger partial charge in [0.1, 0.15) is 6.54 Å². The minimum atomic E-state index is 0.719. The Labute approximate surface area is 154 Å². The van der Waals surface area contributed by atoms with Crippen LogP contribution in [0.4, 0.5) is 5.69 Å². The SMILES string of the molecule is Cc1ccccc1NC(=S)N1CC[NH+](Cc2ccc(C#N)cc2)CC1. The third kappa shape index (κ3) is 4.56. The summed E-state index contributed by atoms with van der Waals surface area (Å²) < 4.78 is 0. The van der Waals surface area contributed by atoms with Crippen molar-refractivity contribution in [3.8, 4) is 6.07 Å². The molecule has 5 heteroatoms. The van der Waals surface area contributed by atoms with Crippen LogP contribution in [0.2, 0.25) is 0 Å². The van der Waals surface area contributed by atoms with E-state index in [1.54, 1.807) is 4.90 Å². The van der Waals surface area contributed by atoms with E-state index in [0.717, 1.165) is 49.1 Å². The molecular formula is C20H23N4S+. The normalized spacial score (nSPS) is 14.8. The number of piperazine rings is 1. The first-order chi connectivity index (χ1) is 12.2. The van der Waals surface area contributed by atoms with Crippen LogP contribution in [0.25, 0.3) is 0 Å². The Morgan fingerprint density at radius 2 is 1.84 bits per heavy atom. The molecule has 0 spiro atoms. The standard InChI is InChI=1S/C20H22N4S/c1-16-4-2-3-5-19(16)22-20(25)24-12-10-23(11-13-24)15-18-8-6-17(14-21)7-9-18/h2-9H,10-13,15H2,1H3,(H,22,25)/p+1. The number of nitrogens with zero attached hydrogens (tertiary/aromatic N) is 2. The molecule has 1 fully saturated rings. The molecule has 2 N–H and O–H groups in total. The number of hydrogen-bond acceptors (Lipinski definition) is 2. The Kier molecular flexibility index (Phi) is 5.64. The smallest absolute Gasteiger partial charge is 0.173 e. The molecule has 0 bridgehead atoms. The van der Waals surface area contributed by atoms with E-state index in [4.69, 9.17) is 17.5 Å². The Balaban J connectivity index is 1.50. The second-order valence-electron chi connectivity index (χ2n) is 6.47. The summed E-state index contributed by atoms with van der Waals surface area (Å²) in [5, 5.41) is 13.1. The molecule has 0 atom stereocenters. The van der Waals surface area contributed by atoms with E-state index in [-0.39, 0.29) is 0 Å². The van der Waals surface area contributed by atoms with Crippen LogP contribution >= 0.6 is 12.2 Å². The zero-order chi connectivity index (χ0) is 17.6. The summed E-state index contributed by atoms with van der Waals surface area (Å²) >= 11 is 5.59. The lowest BCUT2D eigenvalue weighted by Gasteiger charge is -2.34. The number of benzene rings is 2.